The Hall–Kier alpha value is -3.94. The molecule has 2 aromatic heterocycles. The molecule has 0 fully saturated rings. The molecular weight excluding hydrogens is 431 g/mol. The van der Waals surface area contributed by atoms with Gasteiger partial charge in [-0.25, -0.2) is 9.36 Å². The lowest BCUT2D eigenvalue weighted by Crippen LogP contribution is -2.40. The summed E-state index contributed by atoms with van der Waals surface area (Å²) >= 11 is 0. The number of benzene rings is 2. The van der Waals surface area contributed by atoms with Crippen LogP contribution < -0.4 is 15.0 Å². The van der Waals surface area contributed by atoms with Gasteiger partial charge in [-0.1, -0.05) is 41.6 Å². The molecule has 0 aliphatic carbocycles. The molecule has 0 aliphatic heterocycles. The number of nitrogens with zero attached hydrogens (tertiary/aromatic N) is 3. The third-order valence-electron chi connectivity index (χ3n) is 5.19. The summed E-state index contributed by atoms with van der Waals surface area (Å²) in [5, 5.41) is 4.00. The van der Waals surface area contributed by atoms with Crippen LogP contribution in [0.5, 0.6) is 5.75 Å². The summed E-state index contributed by atoms with van der Waals surface area (Å²) in [5.74, 6) is 0.657. The smallest absolute Gasteiger partial charge is 0.357 e. The van der Waals surface area contributed by atoms with Gasteiger partial charge in [0.25, 0.3) is 5.65 Å². The highest BCUT2D eigenvalue weighted by Gasteiger charge is 2.31. The second kappa shape index (κ2) is 9.28. The van der Waals surface area contributed by atoms with Crippen molar-refractivity contribution in [1.82, 2.24) is 4.40 Å². The van der Waals surface area contributed by atoms with Gasteiger partial charge in [0, 0.05) is 18.7 Å². The van der Waals surface area contributed by atoms with Crippen LogP contribution in [-0.2, 0) is 12.7 Å². The van der Waals surface area contributed by atoms with E-state index in [0.29, 0.717) is 24.4 Å². The van der Waals surface area contributed by atoms with Crippen LogP contribution in [0, 0.1) is 6.92 Å². The highest BCUT2D eigenvalue weighted by molar-refractivity contribution is 5.63. The average molecular weight is 452 g/mol. The number of aryl methyl sites for hydroxylation is 2. The molecule has 0 saturated carbocycles. The number of alkyl halides is 3. The van der Waals surface area contributed by atoms with E-state index in [2.05, 4.69) is 5.16 Å². The fourth-order valence-electron chi connectivity index (χ4n) is 3.49. The molecule has 2 heterocycles. The van der Waals surface area contributed by atoms with Crippen molar-refractivity contribution in [2.24, 2.45) is 5.16 Å². The highest BCUT2D eigenvalue weighted by Crippen LogP contribution is 2.31. The quantitative estimate of drug-likeness (QED) is 0.234. The van der Waals surface area contributed by atoms with E-state index in [1.165, 1.54) is 16.5 Å². The maximum atomic E-state index is 13.2. The summed E-state index contributed by atoms with van der Waals surface area (Å²) in [6, 6.07) is 17.6. The molecule has 0 radical (unpaired) electrons. The van der Waals surface area contributed by atoms with Gasteiger partial charge in [-0.05, 0) is 42.3 Å². The first-order valence-electron chi connectivity index (χ1n) is 10.3. The first kappa shape index (κ1) is 22.3. The molecule has 0 atom stereocenters. The Morgan fingerprint density at radius 2 is 1.85 bits per heavy atom. The van der Waals surface area contributed by atoms with Gasteiger partial charge in [0.15, 0.2) is 5.75 Å². The third-order valence-corrected chi connectivity index (χ3v) is 5.19. The second-order valence-corrected chi connectivity index (χ2v) is 7.48. The van der Waals surface area contributed by atoms with Crippen LogP contribution in [0.3, 0.4) is 0 Å². The number of pyridine rings is 1. The SMILES string of the molecule is Cc1ccccc1ON=CCC[n+]1cc(-c2cccc(C(F)(F)F)c2)c(=O)n2ccccc21. The van der Waals surface area contributed by atoms with Crippen molar-refractivity contribution in [2.75, 3.05) is 0 Å². The summed E-state index contributed by atoms with van der Waals surface area (Å²) in [6.45, 7) is 2.37. The Kier molecular flexibility index (Phi) is 6.26. The number of hydrogen-bond acceptors (Lipinski definition) is 3. The second-order valence-electron chi connectivity index (χ2n) is 7.48. The third kappa shape index (κ3) is 4.95. The number of fused-ring (bicyclic) bond motifs is 1. The van der Waals surface area contributed by atoms with Gasteiger partial charge in [-0.2, -0.15) is 17.6 Å². The van der Waals surface area contributed by atoms with Gasteiger partial charge < -0.3 is 4.84 Å². The molecule has 0 spiro atoms. The zero-order chi connectivity index (χ0) is 23.4. The van der Waals surface area contributed by atoms with Crippen molar-refractivity contribution in [3.63, 3.8) is 0 Å². The Balaban J connectivity index is 1.63. The van der Waals surface area contributed by atoms with Gasteiger partial charge in [-0.15, -0.1) is 0 Å². The van der Waals surface area contributed by atoms with Crippen molar-refractivity contribution >= 4 is 11.9 Å². The van der Waals surface area contributed by atoms with Gasteiger partial charge in [-0.3, -0.25) is 0 Å². The molecule has 0 bridgehead atoms. The average Bonchev–Trinajstić information content (AvgIpc) is 2.81. The summed E-state index contributed by atoms with van der Waals surface area (Å²) in [6.07, 6.45) is 0.797. The number of oxime groups is 1. The molecule has 168 valence electrons. The topological polar surface area (TPSA) is 47.0 Å². The van der Waals surface area contributed by atoms with Crippen molar-refractivity contribution in [3.8, 4) is 16.9 Å². The molecule has 2 aromatic carbocycles. The van der Waals surface area contributed by atoms with Crippen molar-refractivity contribution in [1.29, 1.82) is 0 Å². The van der Waals surface area contributed by atoms with Crippen LogP contribution in [-0.4, -0.2) is 10.6 Å². The van der Waals surface area contributed by atoms with Crippen LogP contribution in [0.15, 0.2) is 89.1 Å². The van der Waals surface area contributed by atoms with Gasteiger partial charge in [0.1, 0.15) is 11.8 Å². The molecule has 0 amide bonds. The Bertz CT molecular complexity index is 1380. The first-order chi connectivity index (χ1) is 15.8. The van der Waals surface area contributed by atoms with Crippen LogP contribution in [0.1, 0.15) is 17.5 Å². The van der Waals surface area contributed by atoms with Gasteiger partial charge in [0.05, 0.1) is 18.3 Å². The fraction of sp³-hybridized carbons (Fsp3) is 0.160. The van der Waals surface area contributed by atoms with E-state index in [-0.39, 0.29) is 11.1 Å². The maximum absolute atomic E-state index is 13.2. The molecular formula is C25H21F3N3O2+. The van der Waals surface area contributed by atoms with Crippen molar-refractivity contribution in [2.45, 2.75) is 26.1 Å². The van der Waals surface area contributed by atoms with Gasteiger partial charge in [0.2, 0.25) is 0 Å². The monoisotopic (exact) mass is 452 g/mol. The standard InChI is InChI=1S/C25H21F3N3O2/c1-18-8-2-3-11-22(18)33-29-13-7-14-30-17-21(24(32)31-15-5-4-12-23(30)31)19-9-6-10-20(16-19)25(26,27)28/h2-6,8-13,15-17H,7,14H2,1H3/q+1. The van der Waals surface area contributed by atoms with E-state index in [1.807, 2.05) is 35.8 Å². The predicted molar refractivity (Wildman–Crippen MR) is 119 cm³/mol. The van der Waals surface area contributed by atoms with Crippen molar-refractivity contribution < 1.29 is 22.6 Å². The lowest BCUT2D eigenvalue weighted by molar-refractivity contribution is -0.672. The molecule has 4 rings (SSSR count). The van der Waals surface area contributed by atoms with Crippen LogP contribution in [0.25, 0.3) is 16.8 Å². The number of aromatic nitrogens is 2. The number of rotatable bonds is 6. The number of para-hydroxylation sites is 1. The molecule has 0 N–H and O–H groups in total. The van der Waals surface area contributed by atoms with E-state index in [4.69, 9.17) is 4.84 Å². The van der Waals surface area contributed by atoms with E-state index in [1.54, 1.807) is 36.8 Å². The largest absolute Gasteiger partial charge is 0.416 e. The molecule has 0 aliphatic rings. The summed E-state index contributed by atoms with van der Waals surface area (Å²) < 4.78 is 42.8. The minimum Gasteiger partial charge on any atom is -0.357 e. The summed E-state index contributed by atoms with van der Waals surface area (Å²) in [5.41, 5.74) is 0.772. The molecule has 0 unspecified atom stereocenters. The number of halogens is 3. The zero-order valence-corrected chi connectivity index (χ0v) is 17.8. The molecule has 5 nitrogen and oxygen atoms in total. The summed E-state index contributed by atoms with van der Waals surface area (Å²) in [7, 11) is 0. The van der Waals surface area contributed by atoms with Crippen LogP contribution in [0.4, 0.5) is 13.2 Å². The van der Waals surface area contributed by atoms with E-state index in [9.17, 15) is 18.0 Å². The summed E-state index contributed by atoms with van der Waals surface area (Å²) in [4.78, 5) is 18.4. The van der Waals surface area contributed by atoms with Crippen molar-refractivity contribution in [3.05, 3.63) is 101 Å². The molecule has 8 heteroatoms. The number of hydrogen-bond donors (Lipinski definition) is 0. The normalized spacial score (nSPS) is 11.9. The van der Waals surface area contributed by atoms with Crippen LogP contribution in [0.2, 0.25) is 0 Å². The van der Waals surface area contributed by atoms with E-state index >= 15 is 0 Å². The predicted octanol–water partition coefficient (Wildman–Crippen LogP) is 5.04. The fourth-order valence-corrected chi connectivity index (χ4v) is 3.49. The van der Waals surface area contributed by atoms with E-state index in [0.717, 1.165) is 17.7 Å². The molecule has 4 aromatic rings. The minimum absolute atomic E-state index is 0.179. The molecule has 33 heavy (non-hydrogen) atoms. The Labute approximate surface area is 188 Å². The molecule has 0 saturated heterocycles. The highest BCUT2D eigenvalue weighted by atomic mass is 19.4. The Morgan fingerprint density at radius 3 is 2.64 bits per heavy atom. The lowest BCUT2D eigenvalue weighted by atomic mass is 10.1. The lowest BCUT2D eigenvalue weighted by Gasteiger charge is -2.09. The zero-order valence-electron chi connectivity index (χ0n) is 17.8. The van der Waals surface area contributed by atoms with Crippen LogP contribution >= 0.6 is 0 Å². The minimum atomic E-state index is -4.49. The maximum Gasteiger partial charge on any atom is 0.416 e. The van der Waals surface area contributed by atoms with E-state index < -0.39 is 17.3 Å². The Morgan fingerprint density at radius 1 is 1.06 bits per heavy atom. The van der Waals surface area contributed by atoms with Gasteiger partial charge >= 0.3 is 11.7 Å². The first-order valence-corrected chi connectivity index (χ1v) is 10.3.